The molecule has 1 unspecified atom stereocenters. The quantitative estimate of drug-likeness (QED) is 0.315. The molecule has 12 heteroatoms. The molecule has 0 bridgehead atoms. The Kier molecular flexibility index (Phi) is 7.70. The molecule has 2 heterocycles. The van der Waals surface area contributed by atoms with Crippen molar-refractivity contribution in [1.82, 2.24) is 4.72 Å². The molecule has 5 N–H and O–H groups in total. The third-order valence-corrected chi connectivity index (χ3v) is 7.48. The average molecular weight is 506 g/mol. The Morgan fingerprint density at radius 1 is 1.11 bits per heavy atom. The summed E-state index contributed by atoms with van der Waals surface area (Å²) in [6.07, 6.45) is -5.37. The Bertz CT molecular complexity index is 1240. The number of ether oxygens (including phenoxy) is 2. The Morgan fingerprint density at radius 3 is 2.49 bits per heavy atom. The number of allylic oxidation sites excluding steroid dienone is 1. The number of hydrogen-bond donors (Lipinski definition) is 5. The van der Waals surface area contributed by atoms with E-state index in [1.54, 1.807) is 18.2 Å². The molecule has 2 aromatic rings. The Morgan fingerprint density at radius 2 is 1.80 bits per heavy atom. The van der Waals surface area contributed by atoms with Crippen LogP contribution >= 0.6 is 0 Å². The molecule has 0 spiro atoms. The van der Waals surface area contributed by atoms with E-state index in [-0.39, 0.29) is 0 Å². The highest BCUT2D eigenvalue weighted by molar-refractivity contribution is 7.93. The van der Waals surface area contributed by atoms with Gasteiger partial charge < -0.3 is 34.8 Å². The van der Waals surface area contributed by atoms with E-state index in [0.29, 0.717) is 18.8 Å². The largest absolute Gasteiger partial charge is 0.394 e. The van der Waals surface area contributed by atoms with Crippen molar-refractivity contribution < 1.29 is 38.3 Å². The molecule has 2 aliphatic rings. The van der Waals surface area contributed by atoms with E-state index in [2.05, 4.69) is 4.90 Å². The highest BCUT2D eigenvalue weighted by Crippen LogP contribution is 2.26. The van der Waals surface area contributed by atoms with Gasteiger partial charge in [0, 0.05) is 18.8 Å². The van der Waals surface area contributed by atoms with Crippen molar-refractivity contribution in [2.24, 2.45) is 0 Å². The number of nitriles is 1. The van der Waals surface area contributed by atoms with Gasteiger partial charge in [-0.15, -0.1) is 0 Å². The Hall–Kier alpha value is -2.60. The van der Waals surface area contributed by atoms with Crippen molar-refractivity contribution >= 4 is 32.6 Å². The highest BCUT2D eigenvalue weighted by atomic mass is 32.2. The van der Waals surface area contributed by atoms with E-state index in [1.165, 1.54) is 6.08 Å². The number of anilines is 1. The summed E-state index contributed by atoms with van der Waals surface area (Å²) in [5.74, 6) is 0. The number of nitrogens with one attached hydrogen (secondary N) is 1. The van der Waals surface area contributed by atoms with Crippen LogP contribution in [-0.4, -0.2) is 92.4 Å². The van der Waals surface area contributed by atoms with Crippen LogP contribution in [0.25, 0.3) is 16.8 Å². The summed E-state index contributed by atoms with van der Waals surface area (Å²) in [6, 6.07) is 11.2. The van der Waals surface area contributed by atoms with Gasteiger partial charge in [-0.25, -0.2) is 8.42 Å². The molecule has 0 amide bonds. The first kappa shape index (κ1) is 25.5. The van der Waals surface area contributed by atoms with Crippen molar-refractivity contribution in [3.8, 4) is 6.07 Å². The number of nitrogens with zero attached hydrogens (tertiary/aromatic N) is 2. The maximum atomic E-state index is 12.8. The van der Waals surface area contributed by atoms with Gasteiger partial charge in [0.2, 0.25) is 0 Å². The number of aliphatic hydroxyl groups excluding tert-OH is 4. The molecule has 2 saturated heterocycles. The number of morpholine rings is 1. The fourth-order valence-electron chi connectivity index (χ4n) is 4.15. The Balaban J connectivity index is 1.56. The summed E-state index contributed by atoms with van der Waals surface area (Å²) in [5.41, 5.74) is 1.52. The molecule has 4 rings (SSSR count). The van der Waals surface area contributed by atoms with Gasteiger partial charge in [0.05, 0.1) is 19.8 Å². The topological polar surface area (TPSA) is 173 Å². The third kappa shape index (κ3) is 5.48. The molecule has 188 valence electrons. The minimum atomic E-state index is -4.50. The predicted molar refractivity (Wildman–Crippen MR) is 126 cm³/mol. The van der Waals surface area contributed by atoms with Crippen LogP contribution in [0.15, 0.2) is 41.3 Å². The summed E-state index contributed by atoms with van der Waals surface area (Å²) in [5, 5.41) is 50.7. The molecular weight excluding hydrogens is 478 g/mol. The van der Waals surface area contributed by atoms with Crippen molar-refractivity contribution in [2.75, 3.05) is 37.8 Å². The molecule has 35 heavy (non-hydrogen) atoms. The second-order valence-electron chi connectivity index (χ2n) is 8.39. The van der Waals surface area contributed by atoms with Gasteiger partial charge in [-0.1, -0.05) is 18.2 Å². The molecule has 0 radical (unpaired) electrons. The van der Waals surface area contributed by atoms with Gasteiger partial charge in [0.1, 0.15) is 30.4 Å². The van der Waals surface area contributed by atoms with Crippen LogP contribution in [0.4, 0.5) is 5.69 Å². The monoisotopic (exact) mass is 505 g/mol. The SMILES string of the molecule is N#C/C(=C\c1ccc2cc(N3CCOCC3)ccc2c1)S(=O)(=O)N[C@H]1C(O)O[C@H](CO)[C@@H](O)[C@@H]1O. The van der Waals surface area contributed by atoms with Crippen molar-refractivity contribution in [2.45, 2.75) is 30.6 Å². The molecule has 11 nitrogen and oxygen atoms in total. The lowest BCUT2D eigenvalue weighted by Gasteiger charge is -2.40. The lowest BCUT2D eigenvalue weighted by molar-refractivity contribution is -0.251. The van der Waals surface area contributed by atoms with Crippen LogP contribution in [0.3, 0.4) is 0 Å². The second kappa shape index (κ2) is 10.6. The summed E-state index contributed by atoms with van der Waals surface area (Å²) >= 11 is 0. The van der Waals surface area contributed by atoms with Crippen molar-refractivity contribution in [3.63, 3.8) is 0 Å². The third-order valence-electron chi connectivity index (χ3n) is 6.11. The number of hydrogen-bond acceptors (Lipinski definition) is 10. The maximum absolute atomic E-state index is 12.8. The van der Waals surface area contributed by atoms with Gasteiger partial charge in [-0.05, 0) is 40.6 Å². The highest BCUT2D eigenvalue weighted by Gasteiger charge is 2.45. The van der Waals surface area contributed by atoms with E-state index in [0.717, 1.165) is 29.5 Å². The fraction of sp³-hybridized carbons (Fsp3) is 0.435. The number of sulfonamides is 1. The van der Waals surface area contributed by atoms with Gasteiger partial charge in [0.15, 0.2) is 11.2 Å². The van der Waals surface area contributed by atoms with E-state index < -0.39 is 52.2 Å². The standard InChI is InChI=1S/C23H27N3O8S/c24-12-18(35(31,32)25-20-22(29)21(28)19(13-27)34-23(20)30)10-14-1-2-16-11-17(4-3-15(16)9-14)26-5-7-33-8-6-26/h1-4,9-11,19-23,25,27-30H,5-8,13H2/b18-10+/t19-,20-,21-,22-,23?/m1/s1. The van der Waals surface area contributed by atoms with Crippen LogP contribution in [-0.2, 0) is 19.5 Å². The summed E-state index contributed by atoms with van der Waals surface area (Å²) in [4.78, 5) is 1.57. The van der Waals surface area contributed by atoms with E-state index in [9.17, 15) is 29.0 Å². The molecule has 0 aliphatic carbocycles. The molecule has 2 aliphatic heterocycles. The first-order valence-corrected chi connectivity index (χ1v) is 12.5. The van der Waals surface area contributed by atoms with Crippen LogP contribution in [0.5, 0.6) is 0 Å². The normalized spacial score (nSPS) is 28.1. The van der Waals surface area contributed by atoms with Gasteiger partial charge in [0.25, 0.3) is 10.0 Å². The van der Waals surface area contributed by atoms with Crippen molar-refractivity contribution in [1.29, 1.82) is 5.26 Å². The smallest absolute Gasteiger partial charge is 0.251 e. The van der Waals surface area contributed by atoms with Gasteiger partial charge in [-0.3, -0.25) is 0 Å². The van der Waals surface area contributed by atoms with Crippen LogP contribution in [0.1, 0.15) is 5.56 Å². The summed E-state index contributed by atoms with van der Waals surface area (Å²) < 4.78 is 38.1. The minimum Gasteiger partial charge on any atom is -0.394 e. The molecule has 5 atom stereocenters. The van der Waals surface area contributed by atoms with E-state index in [1.807, 2.05) is 29.0 Å². The first-order chi connectivity index (χ1) is 16.7. The van der Waals surface area contributed by atoms with Crippen LogP contribution in [0, 0.1) is 11.3 Å². The Labute approximate surface area is 202 Å². The van der Waals surface area contributed by atoms with Crippen LogP contribution < -0.4 is 9.62 Å². The lowest BCUT2D eigenvalue weighted by Crippen LogP contribution is -2.64. The minimum absolute atomic E-state index is 0.458. The zero-order valence-electron chi connectivity index (χ0n) is 18.7. The number of benzene rings is 2. The van der Waals surface area contributed by atoms with Gasteiger partial charge >= 0.3 is 0 Å². The van der Waals surface area contributed by atoms with Crippen molar-refractivity contribution in [3.05, 3.63) is 46.9 Å². The molecule has 0 aromatic heterocycles. The lowest BCUT2D eigenvalue weighted by atomic mass is 9.98. The second-order valence-corrected chi connectivity index (χ2v) is 10.1. The fourth-order valence-corrected chi connectivity index (χ4v) is 5.30. The number of fused-ring (bicyclic) bond motifs is 1. The van der Waals surface area contributed by atoms with E-state index >= 15 is 0 Å². The predicted octanol–water partition coefficient (Wildman–Crippen LogP) is -0.740. The zero-order valence-corrected chi connectivity index (χ0v) is 19.5. The average Bonchev–Trinajstić information content (AvgIpc) is 2.87. The molecular formula is C23H27N3O8S. The van der Waals surface area contributed by atoms with Gasteiger partial charge in [-0.2, -0.15) is 9.98 Å². The van der Waals surface area contributed by atoms with Crippen LogP contribution in [0.2, 0.25) is 0 Å². The summed E-state index contributed by atoms with van der Waals surface area (Å²) in [7, 11) is -4.50. The molecule has 0 saturated carbocycles. The molecule has 2 fully saturated rings. The zero-order chi connectivity index (χ0) is 25.2. The maximum Gasteiger partial charge on any atom is 0.251 e. The number of aliphatic hydroxyl groups is 4. The first-order valence-electron chi connectivity index (χ1n) is 11.0. The molecule has 2 aromatic carbocycles. The number of rotatable bonds is 6. The summed E-state index contributed by atoms with van der Waals surface area (Å²) in [6.45, 7) is 2.26. The van der Waals surface area contributed by atoms with E-state index in [4.69, 9.17) is 14.6 Å².